The fourth-order valence-corrected chi connectivity index (χ4v) is 2.47. The molecule has 4 heteroatoms. The minimum Gasteiger partial charge on any atom is -0.398 e. The highest BCUT2D eigenvalue weighted by molar-refractivity contribution is 6.13. The van der Waals surface area contributed by atoms with Crippen molar-refractivity contribution in [2.45, 2.75) is 40.0 Å². The van der Waals surface area contributed by atoms with Gasteiger partial charge in [-0.1, -0.05) is 52.3 Å². The summed E-state index contributed by atoms with van der Waals surface area (Å²) in [5.41, 5.74) is 9.34. The van der Waals surface area contributed by atoms with Crippen LogP contribution in [0, 0.1) is 17.0 Å². The smallest absolute Gasteiger partial charge is 0.133 e. The molecule has 2 rings (SSSR count). The van der Waals surface area contributed by atoms with Gasteiger partial charge in [-0.15, -0.1) is 0 Å². The molecule has 0 radical (unpaired) electrons. The molecule has 0 aliphatic heterocycles. The second-order valence-corrected chi connectivity index (χ2v) is 6.07. The second-order valence-electron chi connectivity index (χ2n) is 6.07. The summed E-state index contributed by atoms with van der Waals surface area (Å²) in [6, 6.07) is 6.91. The third-order valence-corrected chi connectivity index (χ3v) is 4.12. The summed E-state index contributed by atoms with van der Waals surface area (Å²) >= 11 is 0. The molecule has 2 aromatic carbocycles. The van der Waals surface area contributed by atoms with E-state index < -0.39 is 11.6 Å². The zero-order valence-electron chi connectivity index (χ0n) is 16.3. The van der Waals surface area contributed by atoms with Gasteiger partial charge in [0.1, 0.15) is 11.6 Å². The van der Waals surface area contributed by atoms with Crippen LogP contribution in [0.3, 0.4) is 0 Å². The Hall–Kier alpha value is -2.75. The van der Waals surface area contributed by atoms with E-state index in [-0.39, 0.29) is 11.3 Å². The Morgan fingerprint density at radius 1 is 1.07 bits per heavy atom. The normalized spacial score (nSPS) is 10.4. The van der Waals surface area contributed by atoms with Crippen LogP contribution in [0.5, 0.6) is 0 Å². The number of anilines is 1. The van der Waals surface area contributed by atoms with Gasteiger partial charge in [0.25, 0.3) is 0 Å². The van der Waals surface area contributed by atoms with Gasteiger partial charge >= 0.3 is 0 Å². The van der Waals surface area contributed by atoms with Crippen molar-refractivity contribution < 1.29 is 8.78 Å². The summed E-state index contributed by atoms with van der Waals surface area (Å²) in [4.78, 5) is 0. The molecule has 0 saturated carbocycles. The second kappa shape index (κ2) is 11.1. The Labute approximate surface area is 160 Å². The fraction of sp³-hybridized carbons (Fsp3) is 0.261. The van der Waals surface area contributed by atoms with Gasteiger partial charge in [0, 0.05) is 22.9 Å². The molecule has 3 N–H and O–H groups in total. The maximum Gasteiger partial charge on any atom is 0.133 e. The number of unbranched alkanes of at least 4 members (excludes halogenated alkanes) is 1. The van der Waals surface area contributed by atoms with Crippen molar-refractivity contribution in [2.75, 3.05) is 5.73 Å². The molecule has 144 valence electrons. The first kappa shape index (κ1) is 22.3. The highest BCUT2D eigenvalue weighted by Gasteiger charge is 2.12. The van der Waals surface area contributed by atoms with Crippen LogP contribution in [0.15, 0.2) is 43.0 Å². The third-order valence-electron chi connectivity index (χ3n) is 4.12. The molecule has 0 aromatic heterocycles. The van der Waals surface area contributed by atoms with Gasteiger partial charge in [0.15, 0.2) is 0 Å². The van der Waals surface area contributed by atoms with Crippen LogP contribution in [0.1, 0.15) is 55.9 Å². The summed E-state index contributed by atoms with van der Waals surface area (Å²) in [6.45, 7) is 10.1. The Kier molecular flexibility index (Phi) is 9.14. The van der Waals surface area contributed by atoms with Crippen molar-refractivity contribution in [3.63, 3.8) is 0 Å². The number of halogens is 2. The minimum atomic E-state index is -0.669. The Balaban J connectivity index is 0.000000828. The van der Waals surface area contributed by atoms with E-state index in [0.717, 1.165) is 17.2 Å². The first-order valence-electron chi connectivity index (χ1n) is 9.15. The molecule has 0 unspecified atom stereocenters. The maximum atomic E-state index is 13.6. The van der Waals surface area contributed by atoms with Crippen molar-refractivity contribution in [3.8, 4) is 0 Å². The largest absolute Gasteiger partial charge is 0.398 e. The molecule has 0 aliphatic carbocycles. The number of nitrogens with two attached hydrogens (primary N) is 1. The highest BCUT2D eigenvalue weighted by Crippen LogP contribution is 2.24. The van der Waals surface area contributed by atoms with Gasteiger partial charge in [-0.3, -0.25) is 0 Å². The van der Waals surface area contributed by atoms with Gasteiger partial charge < -0.3 is 11.1 Å². The topological polar surface area (TPSA) is 49.9 Å². The summed E-state index contributed by atoms with van der Waals surface area (Å²) in [6.07, 6.45) is 7.96. The lowest BCUT2D eigenvalue weighted by molar-refractivity contribution is 0.581. The molecule has 0 aliphatic rings. The Morgan fingerprint density at radius 3 is 2.22 bits per heavy atom. The molecule has 0 amide bonds. The van der Waals surface area contributed by atoms with E-state index in [1.807, 2.05) is 13.0 Å². The molecular weight excluding hydrogens is 342 g/mol. The molecule has 27 heavy (non-hydrogen) atoms. The molecule has 2 nitrogen and oxygen atoms in total. The van der Waals surface area contributed by atoms with Crippen molar-refractivity contribution in [1.82, 2.24) is 0 Å². The SMILES string of the molecule is C=Cc1ccc(N)c(C(=N)/C=C/c2ccc(F)cc2F)c1CC.CCCC. The fourth-order valence-electron chi connectivity index (χ4n) is 2.47. The van der Waals surface area contributed by atoms with E-state index in [4.69, 9.17) is 11.1 Å². The first-order valence-corrected chi connectivity index (χ1v) is 9.15. The lowest BCUT2D eigenvalue weighted by Gasteiger charge is -2.13. The molecule has 0 atom stereocenters. The van der Waals surface area contributed by atoms with Crippen molar-refractivity contribution in [3.05, 3.63) is 76.9 Å². The van der Waals surface area contributed by atoms with E-state index in [1.54, 1.807) is 12.1 Å². The number of benzene rings is 2. The zero-order chi connectivity index (χ0) is 20.4. The van der Waals surface area contributed by atoms with Crippen LogP contribution in [0.4, 0.5) is 14.5 Å². The first-order chi connectivity index (χ1) is 12.9. The standard InChI is InChI=1S/C19H18F2N2.C4H10/c1-3-12-6-9-17(22)19(15(12)4-2)18(23)10-7-13-5-8-14(20)11-16(13)21;1-3-4-2/h3,5-11,23H,1,4,22H2,2H3;3-4H2,1-2H3/b10-7+,23-18?;. The maximum absolute atomic E-state index is 13.6. The van der Waals surface area contributed by atoms with Crippen molar-refractivity contribution in [2.24, 2.45) is 0 Å². The van der Waals surface area contributed by atoms with Crippen LogP contribution in [-0.2, 0) is 6.42 Å². The molecule has 0 bridgehead atoms. The van der Waals surface area contributed by atoms with Gasteiger partial charge in [-0.2, -0.15) is 0 Å². The van der Waals surface area contributed by atoms with Gasteiger partial charge in [0.2, 0.25) is 0 Å². The average Bonchev–Trinajstić information content (AvgIpc) is 2.66. The number of nitrogen functional groups attached to an aromatic ring is 1. The van der Waals surface area contributed by atoms with Crippen LogP contribution in [0.25, 0.3) is 12.2 Å². The van der Waals surface area contributed by atoms with Crippen LogP contribution >= 0.6 is 0 Å². The molecule has 0 spiro atoms. The molecule has 2 aromatic rings. The third kappa shape index (κ3) is 6.17. The van der Waals surface area contributed by atoms with Crippen molar-refractivity contribution in [1.29, 1.82) is 5.41 Å². The molecule has 0 heterocycles. The molecule has 0 fully saturated rings. The van der Waals surface area contributed by atoms with E-state index >= 15 is 0 Å². The van der Waals surface area contributed by atoms with E-state index in [9.17, 15) is 8.78 Å². The quantitative estimate of drug-likeness (QED) is 0.434. The highest BCUT2D eigenvalue weighted by atomic mass is 19.1. The van der Waals surface area contributed by atoms with E-state index in [2.05, 4.69) is 20.4 Å². The predicted octanol–water partition coefficient (Wildman–Crippen LogP) is 6.64. The van der Waals surface area contributed by atoms with Gasteiger partial charge in [-0.05, 0) is 47.9 Å². The minimum absolute atomic E-state index is 0.173. The van der Waals surface area contributed by atoms with Gasteiger partial charge in [-0.25, -0.2) is 8.78 Å². The average molecular weight is 370 g/mol. The summed E-state index contributed by atoms with van der Waals surface area (Å²) < 4.78 is 26.6. The number of allylic oxidation sites excluding steroid dienone is 1. The van der Waals surface area contributed by atoms with E-state index in [1.165, 1.54) is 37.1 Å². The number of hydrogen-bond acceptors (Lipinski definition) is 2. The number of hydrogen-bond donors (Lipinski definition) is 2. The zero-order valence-corrected chi connectivity index (χ0v) is 16.3. The lowest BCUT2D eigenvalue weighted by Crippen LogP contribution is -2.07. The molecular formula is C23H28F2N2. The number of nitrogens with one attached hydrogen (secondary N) is 1. The van der Waals surface area contributed by atoms with Crippen LogP contribution in [-0.4, -0.2) is 5.71 Å². The van der Waals surface area contributed by atoms with E-state index in [0.29, 0.717) is 17.7 Å². The number of rotatable bonds is 6. The van der Waals surface area contributed by atoms with Crippen LogP contribution in [0.2, 0.25) is 0 Å². The Morgan fingerprint density at radius 2 is 1.70 bits per heavy atom. The monoisotopic (exact) mass is 370 g/mol. The summed E-state index contributed by atoms with van der Waals surface area (Å²) in [7, 11) is 0. The molecule has 0 saturated heterocycles. The predicted molar refractivity (Wildman–Crippen MR) is 113 cm³/mol. The Bertz CT molecular complexity index is 821. The lowest BCUT2D eigenvalue weighted by atomic mass is 9.93. The van der Waals surface area contributed by atoms with Gasteiger partial charge in [0.05, 0.1) is 5.71 Å². The van der Waals surface area contributed by atoms with Crippen LogP contribution < -0.4 is 5.73 Å². The summed E-state index contributed by atoms with van der Waals surface area (Å²) in [5.74, 6) is -1.30. The summed E-state index contributed by atoms with van der Waals surface area (Å²) in [5, 5.41) is 8.25. The van der Waals surface area contributed by atoms with Crippen molar-refractivity contribution >= 4 is 23.6 Å².